The van der Waals surface area contributed by atoms with Gasteiger partial charge in [0.1, 0.15) is 5.75 Å². The molecular weight excluding hydrogens is 348 g/mol. The van der Waals surface area contributed by atoms with Crippen LogP contribution >= 0.6 is 0 Å². The number of carboxylic acids is 2. The second kappa shape index (κ2) is 12.7. The number of nitrogens with zero attached hydrogens (tertiary/aromatic N) is 2. The van der Waals surface area contributed by atoms with Crippen LogP contribution in [0.2, 0.25) is 0 Å². The number of likely N-dealkylation sites (tertiary alicyclic amines) is 1. The van der Waals surface area contributed by atoms with Gasteiger partial charge in [0.25, 0.3) is 0 Å². The van der Waals surface area contributed by atoms with E-state index in [2.05, 4.69) is 17.9 Å². The van der Waals surface area contributed by atoms with Crippen LogP contribution in [0.3, 0.4) is 0 Å². The smallest absolute Gasteiger partial charge is 0.414 e. The first kappa shape index (κ1) is 22.5. The first-order valence-electron chi connectivity index (χ1n) is 9.27. The molecule has 0 aromatic heterocycles. The van der Waals surface area contributed by atoms with Gasteiger partial charge in [-0.1, -0.05) is 19.8 Å². The minimum Gasteiger partial charge on any atom is -0.493 e. The van der Waals surface area contributed by atoms with Gasteiger partial charge in [-0.15, -0.1) is 0 Å². The second-order valence-corrected chi connectivity index (χ2v) is 6.57. The summed E-state index contributed by atoms with van der Waals surface area (Å²) in [6, 6.07) is 9.53. The average Bonchev–Trinajstić information content (AvgIpc) is 2.68. The fourth-order valence-electron chi connectivity index (χ4n) is 2.92. The van der Waals surface area contributed by atoms with Crippen molar-refractivity contribution in [1.82, 2.24) is 4.90 Å². The number of aliphatic carboxylic acids is 2. The number of carboxylic acid groups (broad SMARTS) is 2. The van der Waals surface area contributed by atoms with Crippen LogP contribution in [0, 0.1) is 17.2 Å². The topological polar surface area (TPSA) is 111 Å². The molecule has 0 aliphatic carbocycles. The van der Waals surface area contributed by atoms with Crippen molar-refractivity contribution in [2.75, 3.05) is 26.2 Å². The van der Waals surface area contributed by atoms with E-state index in [-0.39, 0.29) is 0 Å². The zero-order valence-electron chi connectivity index (χ0n) is 15.8. The lowest BCUT2D eigenvalue weighted by molar-refractivity contribution is -0.159. The summed E-state index contributed by atoms with van der Waals surface area (Å²) in [7, 11) is 0. The van der Waals surface area contributed by atoms with Crippen molar-refractivity contribution in [2.45, 2.75) is 39.0 Å². The van der Waals surface area contributed by atoms with Gasteiger partial charge in [0.2, 0.25) is 0 Å². The molecule has 1 aromatic rings. The predicted octanol–water partition coefficient (Wildman–Crippen LogP) is 2.99. The third kappa shape index (κ3) is 9.61. The van der Waals surface area contributed by atoms with Crippen molar-refractivity contribution in [1.29, 1.82) is 5.26 Å². The molecule has 27 heavy (non-hydrogen) atoms. The molecule has 1 heterocycles. The summed E-state index contributed by atoms with van der Waals surface area (Å²) in [4.78, 5) is 20.8. The van der Waals surface area contributed by atoms with E-state index in [9.17, 15) is 0 Å². The number of ether oxygens (including phenoxy) is 1. The van der Waals surface area contributed by atoms with Crippen LogP contribution in [0.25, 0.3) is 0 Å². The number of rotatable bonds is 7. The second-order valence-electron chi connectivity index (χ2n) is 6.57. The van der Waals surface area contributed by atoms with Crippen LogP contribution in [0.1, 0.15) is 44.6 Å². The van der Waals surface area contributed by atoms with Crippen LogP contribution in [0.15, 0.2) is 24.3 Å². The first-order chi connectivity index (χ1) is 13.0. The maximum absolute atomic E-state index is 9.10. The molecule has 2 rings (SSSR count). The Kier molecular flexibility index (Phi) is 10.6. The van der Waals surface area contributed by atoms with Crippen molar-refractivity contribution in [3.8, 4) is 11.8 Å². The van der Waals surface area contributed by atoms with E-state index < -0.39 is 11.9 Å². The van der Waals surface area contributed by atoms with Gasteiger partial charge >= 0.3 is 11.9 Å². The summed E-state index contributed by atoms with van der Waals surface area (Å²) < 4.78 is 5.88. The molecule has 7 nitrogen and oxygen atoms in total. The Morgan fingerprint density at radius 2 is 1.89 bits per heavy atom. The molecule has 1 fully saturated rings. The number of benzene rings is 1. The van der Waals surface area contributed by atoms with Crippen LogP contribution in [0.5, 0.6) is 5.75 Å². The van der Waals surface area contributed by atoms with E-state index in [1.807, 2.05) is 24.3 Å². The molecule has 0 spiro atoms. The highest BCUT2D eigenvalue weighted by molar-refractivity contribution is 6.27. The Hall–Kier alpha value is -2.59. The Balaban J connectivity index is 0.000000527. The molecule has 0 radical (unpaired) electrons. The van der Waals surface area contributed by atoms with Crippen LogP contribution in [-0.2, 0) is 9.59 Å². The van der Waals surface area contributed by atoms with Crippen molar-refractivity contribution >= 4 is 11.9 Å². The highest BCUT2D eigenvalue weighted by Gasteiger charge is 2.19. The highest BCUT2D eigenvalue weighted by Crippen LogP contribution is 2.19. The molecule has 0 bridgehead atoms. The lowest BCUT2D eigenvalue weighted by Crippen LogP contribution is -2.38. The summed E-state index contributed by atoms with van der Waals surface area (Å²) in [5.74, 6) is -2.14. The maximum Gasteiger partial charge on any atom is 0.414 e. The molecule has 1 atom stereocenters. The molecule has 1 aromatic carbocycles. The lowest BCUT2D eigenvalue weighted by atomic mass is 9.98. The standard InChI is InChI=1S/C18H26N2O.C2H2O4/c1-2-3-4-11-20-12-5-6-17(14-20)15-21-18-9-7-16(13-19)8-10-18;3-1(4)2(5)6/h7-10,17H,2-6,11-12,14-15H2,1H3;(H,3,4)(H,5,6). The third-order valence-electron chi connectivity index (χ3n) is 4.33. The monoisotopic (exact) mass is 376 g/mol. The van der Waals surface area contributed by atoms with Crippen LogP contribution in [0.4, 0.5) is 0 Å². The Morgan fingerprint density at radius 1 is 1.22 bits per heavy atom. The van der Waals surface area contributed by atoms with Gasteiger partial charge in [0.15, 0.2) is 0 Å². The van der Waals surface area contributed by atoms with Gasteiger partial charge in [-0.05, 0) is 56.6 Å². The number of unbranched alkanes of at least 4 members (excludes halogenated alkanes) is 2. The first-order valence-corrected chi connectivity index (χ1v) is 9.27. The minimum atomic E-state index is -1.82. The predicted molar refractivity (Wildman–Crippen MR) is 101 cm³/mol. The van der Waals surface area contributed by atoms with Gasteiger partial charge in [0, 0.05) is 12.5 Å². The Bertz CT molecular complexity index is 612. The lowest BCUT2D eigenvalue weighted by Gasteiger charge is -2.32. The molecule has 1 aliphatic rings. The van der Waals surface area contributed by atoms with E-state index in [0.717, 1.165) is 12.4 Å². The molecule has 0 saturated carbocycles. The number of carbonyl (C=O) groups is 2. The van der Waals surface area contributed by atoms with E-state index in [0.29, 0.717) is 11.5 Å². The molecule has 0 amide bonds. The largest absolute Gasteiger partial charge is 0.493 e. The summed E-state index contributed by atoms with van der Waals surface area (Å²) in [5, 5.41) is 23.6. The van der Waals surface area contributed by atoms with Gasteiger partial charge in [-0.3, -0.25) is 0 Å². The van der Waals surface area contributed by atoms with Gasteiger partial charge in [0.05, 0.1) is 18.2 Å². The normalized spacial score (nSPS) is 16.5. The van der Waals surface area contributed by atoms with Crippen molar-refractivity contribution in [3.63, 3.8) is 0 Å². The summed E-state index contributed by atoms with van der Waals surface area (Å²) in [5.41, 5.74) is 0.683. The zero-order valence-corrected chi connectivity index (χ0v) is 15.8. The van der Waals surface area contributed by atoms with Crippen molar-refractivity contribution in [3.05, 3.63) is 29.8 Å². The molecule has 1 aliphatic heterocycles. The van der Waals surface area contributed by atoms with E-state index in [1.54, 1.807) is 0 Å². The molecule has 148 valence electrons. The summed E-state index contributed by atoms with van der Waals surface area (Å²) in [6.45, 7) is 6.69. The van der Waals surface area contributed by atoms with Gasteiger partial charge < -0.3 is 19.8 Å². The zero-order chi connectivity index (χ0) is 20.1. The van der Waals surface area contributed by atoms with Crippen molar-refractivity contribution in [2.24, 2.45) is 5.92 Å². The van der Waals surface area contributed by atoms with Crippen molar-refractivity contribution < 1.29 is 24.5 Å². The van der Waals surface area contributed by atoms with Crippen LogP contribution < -0.4 is 4.74 Å². The fraction of sp³-hybridized carbons (Fsp3) is 0.550. The van der Waals surface area contributed by atoms with E-state index >= 15 is 0 Å². The average molecular weight is 376 g/mol. The quantitative estimate of drug-likeness (QED) is 0.556. The number of piperidine rings is 1. The molecule has 2 N–H and O–H groups in total. The summed E-state index contributed by atoms with van der Waals surface area (Å²) >= 11 is 0. The Labute approximate surface area is 160 Å². The minimum absolute atomic E-state index is 0.635. The maximum atomic E-state index is 9.10. The molecule has 7 heteroatoms. The van der Waals surface area contributed by atoms with Gasteiger partial charge in [-0.2, -0.15) is 5.26 Å². The van der Waals surface area contributed by atoms with E-state index in [4.69, 9.17) is 29.8 Å². The number of hydrogen-bond donors (Lipinski definition) is 2. The number of nitriles is 1. The summed E-state index contributed by atoms with van der Waals surface area (Å²) in [6.07, 6.45) is 6.50. The fourth-order valence-corrected chi connectivity index (χ4v) is 2.92. The van der Waals surface area contributed by atoms with Gasteiger partial charge in [-0.25, -0.2) is 9.59 Å². The highest BCUT2D eigenvalue weighted by atomic mass is 16.5. The SMILES string of the molecule is CCCCCN1CCCC(COc2ccc(C#N)cc2)C1.O=C(O)C(=O)O. The molecule has 1 unspecified atom stereocenters. The molecule has 1 saturated heterocycles. The van der Waals surface area contributed by atoms with E-state index in [1.165, 1.54) is 51.7 Å². The number of hydrogen-bond acceptors (Lipinski definition) is 5. The third-order valence-corrected chi connectivity index (χ3v) is 4.33. The van der Waals surface area contributed by atoms with Crippen LogP contribution in [-0.4, -0.2) is 53.3 Å². The Morgan fingerprint density at radius 3 is 2.44 bits per heavy atom. The molecular formula is C20H28N2O5.